The Hall–Kier alpha value is -1.66. The highest BCUT2D eigenvalue weighted by atomic mass is 35.5. The minimum absolute atomic E-state index is 0.0908. The molecule has 0 amide bonds. The lowest BCUT2D eigenvalue weighted by atomic mass is 9.92. The summed E-state index contributed by atoms with van der Waals surface area (Å²) in [6, 6.07) is 0. The van der Waals surface area contributed by atoms with E-state index in [9.17, 15) is 0 Å². The van der Waals surface area contributed by atoms with Gasteiger partial charge in [0, 0.05) is 13.1 Å². The van der Waals surface area contributed by atoms with Crippen molar-refractivity contribution in [2.75, 3.05) is 18.0 Å². The molecule has 23 heavy (non-hydrogen) atoms. The first-order valence-corrected chi connectivity index (χ1v) is 8.24. The van der Waals surface area contributed by atoms with Crippen LogP contribution in [0.15, 0.2) is 24.8 Å². The minimum Gasteiger partial charge on any atom is -0.487 e. The van der Waals surface area contributed by atoms with Crippen LogP contribution in [-0.4, -0.2) is 39.1 Å². The summed E-state index contributed by atoms with van der Waals surface area (Å²) in [6.07, 6.45) is 8.58. The zero-order valence-corrected chi connectivity index (χ0v) is 14.2. The fraction of sp³-hybridized carbons (Fsp3) is 0.467. The Kier molecular flexibility index (Phi) is 5.13. The highest BCUT2D eigenvalue weighted by Gasteiger charge is 2.26. The molecule has 0 aromatic carbocycles. The number of aromatic nitrogens is 4. The molecular weight excluding hydrogens is 337 g/mol. The molecular formula is C15H17Cl2N5O. The molecule has 1 fully saturated rings. The lowest BCUT2D eigenvalue weighted by Gasteiger charge is -2.34. The van der Waals surface area contributed by atoms with Crippen LogP contribution in [0.4, 0.5) is 5.95 Å². The van der Waals surface area contributed by atoms with Crippen molar-refractivity contribution >= 4 is 29.2 Å². The van der Waals surface area contributed by atoms with Crippen molar-refractivity contribution in [3.8, 4) is 5.75 Å². The largest absolute Gasteiger partial charge is 0.487 e. The van der Waals surface area contributed by atoms with Crippen molar-refractivity contribution in [3.63, 3.8) is 0 Å². The molecule has 3 heterocycles. The Morgan fingerprint density at radius 2 is 1.65 bits per heavy atom. The number of hydrogen-bond donors (Lipinski definition) is 0. The van der Waals surface area contributed by atoms with E-state index >= 15 is 0 Å². The molecule has 2 aromatic rings. The van der Waals surface area contributed by atoms with Crippen LogP contribution in [0.5, 0.6) is 5.75 Å². The van der Waals surface area contributed by atoms with E-state index < -0.39 is 0 Å². The molecule has 1 unspecified atom stereocenters. The van der Waals surface area contributed by atoms with Gasteiger partial charge in [-0.25, -0.2) is 19.9 Å². The molecule has 1 atom stereocenters. The van der Waals surface area contributed by atoms with Gasteiger partial charge < -0.3 is 9.64 Å². The summed E-state index contributed by atoms with van der Waals surface area (Å²) in [5.41, 5.74) is 0. The Balaban J connectivity index is 1.53. The number of rotatable bonds is 4. The molecule has 0 aliphatic carbocycles. The first-order valence-electron chi connectivity index (χ1n) is 7.48. The molecule has 0 N–H and O–H groups in total. The van der Waals surface area contributed by atoms with Gasteiger partial charge >= 0.3 is 0 Å². The van der Waals surface area contributed by atoms with Crippen molar-refractivity contribution in [1.29, 1.82) is 0 Å². The third-order valence-corrected chi connectivity index (χ3v) is 4.40. The molecule has 1 aliphatic heterocycles. The van der Waals surface area contributed by atoms with Crippen molar-refractivity contribution in [2.45, 2.75) is 25.9 Å². The van der Waals surface area contributed by atoms with Gasteiger partial charge in [-0.15, -0.1) is 0 Å². The third kappa shape index (κ3) is 4.20. The van der Waals surface area contributed by atoms with Crippen LogP contribution in [0.3, 0.4) is 0 Å². The van der Waals surface area contributed by atoms with Gasteiger partial charge in [-0.1, -0.05) is 11.6 Å². The van der Waals surface area contributed by atoms with Gasteiger partial charge in [0.05, 0.1) is 35.9 Å². The Morgan fingerprint density at radius 3 is 2.26 bits per heavy atom. The fourth-order valence-electron chi connectivity index (χ4n) is 2.71. The maximum atomic E-state index is 5.91. The average Bonchev–Trinajstić information content (AvgIpc) is 2.58. The summed E-state index contributed by atoms with van der Waals surface area (Å²) in [4.78, 5) is 18.6. The predicted molar refractivity (Wildman–Crippen MR) is 89.1 cm³/mol. The number of nitrogens with zero attached hydrogens (tertiary/aromatic N) is 5. The van der Waals surface area contributed by atoms with Gasteiger partial charge in [0.25, 0.3) is 0 Å². The van der Waals surface area contributed by atoms with E-state index in [4.69, 9.17) is 27.9 Å². The molecule has 2 aromatic heterocycles. The molecule has 0 saturated carbocycles. The first kappa shape index (κ1) is 16.2. The maximum Gasteiger partial charge on any atom is 0.225 e. The summed E-state index contributed by atoms with van der Waals surface area (Å²) < 4.78 is 5.91. The molecule has 0 bridgehead atoms. The van der Waals surface area contributed by atoms with Crippen LogP contribution < -0.4 is 9.64 Å². The van der Waals surface area contributed by atoms with Crippen molar-refractivity contribution in [1.82, 2.24) is 19.9 Å². The molecule has 0 spiro atoms. The molecule has 1 saturated heterocycles. The van der Waals surface area contributed by atoms with Crippen molar-refractivity contribution in [2.24, 2.45) is 5.92 Å². The topological polar surface area (TPSA) is 64.0 Å². The smallest absolute Gasteiger partial charge is 0.225 e. The Bertz CT molecular complexity index is 629. The van der Waals surface area contributed by atoms with E-state index in [1.54, 1.807) is 24.8 Å². The van der Waals surface area contributed by atoms with Crippen molar-refractivity contribution in [3.05, 3.63) is 35.1 Å². The molecule has 3 rings (SSSR count). The number of hydrogen-bond acceptors (Lipinski definition) is 6. The summed E-state index contributed by atoms with van der Waals surface area (Å²) in [6.45, 7) is 3.88. The minimum atomic E-state index is 0.0908. The molecule has 0 radical (unpaired) electrons. The normalized spacial score (nSPS) is 17.1. The molecule has 122 valence electrons. The summed E-state index contributed by atoms with van der Waals surface area (Å²) in [5.74, 6) is 1.84. The van der Waals surface area contributed by atoms with Gasteiger partial charge in [-0.05, 0) is 37.3 Å². The fourth-order valence-corrected chi connectivity index (χ4v) is 2.90. The van der Waals surface area contributed by atoms with Gasteiger partial charge in [-0.3, -0.25) is 0 Å². The zero-order chi connectivity index (χ0) is 16.2. The van der Waals surface area contributed by atoms with Crippen LogP contribution in [0.2, 0.25) is 10.3 Å². The Morgan fingerprint density at radius 1 is 1.04 bits per heavy atom. The monoisotopic (exact) mass is 353 g/mol. The van der Waals surface area contributed by atoms with Gasteiger partial charge in [-0.2, -0.15) is 0 Å². The van der Waals surface area contributed by atoms with Crippen LogP contribution in [0.25, 0.3) is 0 Å². The number of ether oxygens (including phenoxy) is 1. The molecule has 8 heteroatoms. The van der Waals surface area contributed by atoms with E-state index in [1.807, 2.05) is 0 Å². The SMILES string of the molecule is CC(Oc1cnc(Cl)nc1)C1CCN(c2ncc(Cl)cn2)CC1. The van der Waals surface area contributed by atoms with E-state index in [0.29, 0.717) is 16.7 Å². The van der Waals surface area contributed by atoms with E-state index in [2.05, 4.69) is 31.8 Å². The summed E-state index contributed by atoms with van der Waals surface area (Å²) >= 11 is 11.5. The summed E-state index contributed by atoms with van der Waals surface area (Å²) in [7, 11) is 0. The lowest BCUT2D eigenvalue weighted by molar-refractivity contribution is 0.132. The number of halogens is 2. The first-order chi connectivity index (χ1) is 11.1. The number of piperidine rings is 1. The predicted octanol–water partition coefficient (Wildman–Crippen LogP) is 3.26. The average molecular weight is 354 g/mol. The van der Waals surface area contributed by atoms with Crippen LogP contribution >= 0.6 is 23.2 Å². The van der Waals surface area contributed by atoms with Gasteiger partial charge in [0.2, 0.25) is 11.2 Å². The quantitative estimate of drug-likeness (QED) is 0.786. The van der Waals surface area contributed by atoms with Crippen LogP contribution in [-0.2, 0) is 0 Å². The second-order valence-electron chi connectivity index (χ2n) is 5.54. The van der Waals surface area contributed by atoms with Crippen LogP contribution in [0, 0.1) is 5.92 Å². The number of anilines is 1. The molecule has 6 nitrogen and oxygen atoms in total. The van der Waals surface area contributed by atoms with Crippen molar-refractivity contribution < 1.29 is 4.74 Å². The summed E-state index contributed by atoms with van der Waals surface area (Å²) in [5, 5.41) is 0.775. The van der Waals surface area contributed by atoms with Crippen LogP contribution in [0.1, 0.15) is 19.8 Å². The second-order valence-corrected chi connectivity index (χ2v) is 6.31. The van der Waals surface area contributed by atoms with Gasteiger partial charge in [0.1, 0.15) is 0 Å². The maximum absolute atomic E-state index is 5.91. The third-order valence-electron chi connectivity index (χ3n) is 4.01. The van der Waals surface area contributed by atoms with E-state index in [0.717, 1.165) is 31.9 Å². The Labute approximate surface area is 144 Å². The van der Waals surface area contributed by atoms with E-state index in [1.165, 1.54) is 0 Å². The standard InChI is InChI=1S/C15H17Cl2N5O/c1-10(23-13-8-18-14(17)19-9-13)11-2-4-22(5-3-11)15-20-6-12(16)7-21-15/h6-11H,2-5H2,1H3. The lowest BCUT2D eigenvalue weighted by Crippen LogP contribution is -2.39. The zero-order valence-electron chi connectivity index (χ0n) is 12.7. The highest BCUT2D eigenvalue weighted by molar-refractivity contribution is 6.30. The highest BCUT2D eigenvalue weighted by Crippen LogP contribution is 2.26. The molecule has 1 aliphatic rings. The van der Waals surface area contributed by atoms with Gasteiger partial charge in [0.15, 0.2) is 5.75 Å². The second kappa shape index (κ2) is 7.27. The van der Waals surface area contributed by atoms with E-state index in [-0.39, 0.29) is 11.4 Å².